The van der Waals surface area contributed by atoms with Gasteiger partial charge in [-0.3, -0.25) is 19.6 Å². The third-order valence-corrected chi connectivity index (χ3v) is 9.29. The van der Waals surface area contributed by atoms with Crippen LogP contribution in [0, 0.1) is 0 Å². The van der Waals surface area contributed by atoms with Gasteiger partial charge in [0.1, 0.15) is 11.5 Å². The quantitative estimate of drug-likeness (QED) is 0.216. The number of Topliss-reactive ketones (excluding diaryl/α,β-unsaturated/α-hetero) is 2. The monoisotopic (exact) mass is 690 g/mol. The summed E-state index contributed by atoms with van der Waals surface area (Å²) in [7, 11) is -8.57. The van der Waals surface area contributed by atoms with E-state index in [1.165, 1.54) is 24.5 Å². The number of hydrogen-bond donors (Lipinski definition) is 2. The average Bonchev–Trinajstić information content (AvgIpc) is 3.50. The lowest BCUT2D eigenvalue weighted by molar-refractivity contribution is -0.123. The molecule has 0 saturated heterocycles. The summed E-state index contributed by atoms with van der Waals surface area (Å²) >= 11 is 0. The first kappa shape index (κ1) is 32.2. The molecule has 6 rings (SSSR count). The molecule has 2 aromatic heterocycles. The van der Waals surface area contributed by atoms with Crippen LogP contribution in [0.3, 0.4) is 0 Å². The van der Waals surface area contributed by atoms with Gasteiger partial charge < -0.3 is 29.3 Å². The first-order valence-electron chi connectivity index (χ1n) is 14.1. The summed E-state index contributed by atoms with van der Waals surface area (Å²) in [6.45, 7) is 0. The standard InChI is InChI=1S/C32H26N4O10S2/c33-31-29(45-47(39,40)17-19-7-2-1-3-8-19)25(37)27(43-31)22-12-13-23(36-16-22)21-10-6-9-20(15-21)18-48(41,42)46-30-26(38)28(44-32(30)34)24-11-4-5-14-35-24/h1-16,27-28H,17-18,33-34H2. The second-order valence-corrected chi connectivity index (χ2v) is 13.7. The predicted molar refractivity (Wildman–Crippen MR) is 168 cm³/mol. The van der Waals surface area contributed by atoms with E-state index in [1.807, 2.05) is 0 Å². The lowest BCUT2D eigenvalue weighted by atomic mass is 10.0. The minimum Gasteiger partial charge on any atom is -0.460 e. The Kier molecular flexibility index (Phi) is 8.59. The van der Waals surface area contributed by atoms with Gasteiger partial charge in [0, 0.05) is 23.5 Å². The summed E-state index contributed by atoms with van der Waals surface area (Å²) in [5.41, 5.74) is 13.8. The number of benzene rings is 2. The van der Waals surface area contributed by atoms with Gasteiger partial charge in [-0.05, 0) is 35.4 Å². The summed E-state index contributed by atoms with van der Waals surface area (Å²) < 4.78 is 71.9. The normalized spacial score (nSPS) is 18.1. The molecule has 0 fully saturated rings. The molecule has 0 spiro atoms. The number of nitrogens with zero attached hydrogens (tertiary/aromatic N) is 2. The highest BCUT2D eigenvalue weighted by molar-refractivity contribution is 7.86. The topological polar surface area (TPSA) is 217 Å². The number of pyridine rings is 2. The fourth-order valence-electron chi connectivity index (χ4n) is 4.91. The maximum Gasteiger partial charge on any atom is 0.313 e. The molecular formula is C32H26N4O10S2. The largest absolute Gasteiger partial charge is 0.460 e. The lowest BCUT2D eigenvalue weighted by Gasteiger charge is -2.11. The van der Waals surface area contributed by atoms with Crippen LogP contribution >= 0.6 is 0 Å². The number of aromatic nitrogens is 2. The summed E-state index contributed by atoms with van der Waals surface area (Å²) in [6, 6.07) is 22.6. The van der Waals surface area contributed by atoms with Gasteiger partial charge in [0.25, 0.3) is 5.78 Å². The second kappa shape index (κ2) is 12.8. The molecule has 0 saturated carbocycles. The zero-order chi connectivity index (χ0) is 34.1. The zero-order valence-electron chi connectivity index (χ0n) is 24.8. The molecule has 246 valence electrons. The Labute approximate surface area is 274 Å². The van der Waals surface area contributed by atoms with E-state index in [0.717, 1.165) is 0 Å². The first-order chi connectivity index (χ1) is 22.9. The van der Waals surface area contributed by atoms with Crippen LogP contribution in [0.4, 0.5) is 0 Å². The van der Waals surface area contributed by atoms with Gasteiger partial charge in [0.15, 0.2) is 6.10 Å². The molecule has 2 unspecified atom stereocenters. The Morgan fingerprint density at radius 1 is 0.667 bits per heavy atom. The van der Waals surface area contributed by atoms with Crippen molar-refractivity contribution in [1.29, 1.82) is 0 Å². The van der Waals surface area contributed by atoms with E-state index >= 15 is 0 Å². The fraction of sp³-hybridized carbons (Fsp3) is 0.125. The van der Waals surface area contributed by atoms with Gasteiger partial charge in [-0.1, -0.05) is 60.7 Å². The van der Waals surface area contributed by atoms with Crippen molar-refractivity contribution in [3.05, 3.63) is 143 Å². The molecule has 2 atom stereocenters. The molecule has 2 aromatic carbocycles. The average molecular weight is 691 g/mol. The van der Waals surface area contributed by atoms with E-state index in [0.29, 0.717) is 22.4 Å². The summed E-state index contributed by atoms with van der Waals surface area (Å²) in [5.74, 6) is -4.84. The van der Waals surface area contributed by atoms with Crippen LogP contribution < -0.4 is 11.5 Å². The van der Waals surface area contributed by atoms with E-state index in [9.17, 15) is 26.4 Å². The molecule has 2 aliphatic rings. The summed E-state index contributed by atoms with van der Waals surface area (Å²) in [5, 5.41) is 0. The fourth-order valence-corrected chi connectivity index (χ4v) is 7.05. The molecule has 0 bridgehead atoms. The molecule has 0 aliphatic carbocycles. The molecule has 48 heavy (non-hydrogen) atoms. The lowest BCUT2D eigenvalue weighted by Crippen LogP contribution is -2.16. The van der Waals surface area contributed by atoms with Gasteiger partial charge in [-0.25, -0.2) is 0 Å². The number of nitrogens with two attached hydrogens (primary N) is 2. The molecule has 0 radical (unpaired) electrons. The molecule has 2 aliphatic heterocycles. The van der Waals surface area contributed by atoms with Gasteiger partial charge in [0.05, 0.1) is 11.4 Å². The molecule has 16 heteroatoms. The molecule has 0 amide bonds. The highest BCUT2D eigenvalue weighted by Crippen LogP contribution is 2.34. The van der Waals surface area contributed by atoms with Crippen LogP contribution in [-0.4, -0.2) is 38.4 Å². The van der Waals surface area contributed by atoms with Gasteiger partial charge in [0.2, 0.25) is 35.2 Å². The molecule has 14 nitrogen and oxygen atoms in total. The Morgan fingerprint density at radius 3 is 1.90 bits per heavy atom. The minimum absolute atomic E-state index is 0.247. The van der Waals surface area contributed by atoms with Crippen LogP contribution in [0.25, 0.3) is 11.3 Å². The highest BCUT2D eigenvalue weighted by atomic mass is 32.2. The number of carbonyl (C=O) groups excluding carboxylic acids is 2. The van der Waals surface area contributed by atoms with Crippen LogP contribution in [0.5, 0.6) is 0 Å². The second-order valence-electron chi connectivity index (χ2n) is 10.6. The molecular weight excluding hydrogens is 665 g/mol. The third kappa shape index (κ3) is 6.98. The number of ether oxygens (including phenoxy) is 2. The van der Waals surface area contributed by atoms with Gasteiger partial charge >= 0.3 is 20.2 Å². The van der Waals surface area contributed by atoms with Gasteiger partial charge in [-0.15, -0.1) is 0 Å². The van der Waals surface area contributed by atoms with Crippen molar-refractivity contribution in [2.45, 2.75) is 23.7 Å². The van der Waals surface area contributed by atoms with Crippen molar-refractivity contribution >= 4 is 31.8 Å². The molecule has 4 N–H and O–H groups in total. The molecule has 4 heterocycles. The minimum atomic E-state index is -4.36. The maximum atomic E-state index is 13.0. The summed E-state index contributed by atoms with van der Waals surface area (Å²) in [6.07, 6.45) is 0.288. The van der Waals surface area contributed by atoms with E-state index in [1.54, 1.807) is 72.8 Å². The Morgan fingerprint density at radius 2 is 1.27 bits per heavy atom. The van der Waals surface area contributed by atoms with Crippen molar-refractivity contribution in [3.8, 4) is 11.3 Å². The SMILES string of the molecule is NC1=C(OS(=O)(=O)Cc2ccccc2)C(=O)C(c2ccc(-c3cccc(CS(=O)(=O)OC4=C(N)OC(c5ccccn5)C4=O)c3)nc2)O1. The van der Waals surface area contributed by atoms with Crippen LogP contribution in [-0.2, 0) is 59.2 Å². The Hall–Kier alpha value is -5.74. The zero-order valence-corrected chi connectivity index (χ0v) is 26.4. The van der Waals surface area contributed by atoms with E-state index in [2.05, 4.69) is 9.97 Å². The Bertz CT molecular complexity index is 2170. The smallest absolute Gasteiger partial charge is 0.313 e. The molecule has 4 aromatic rings. The van der Waals surface area contributed by atoms with E-state index < -0.39 is 78.8 Å². The third-order valence-electron chi connectivity index (χ3n) is 7.08. The van der Waals surface area contributed by atoms with Crippen LogP contribution in [0.1, 0.15) is 34.6 Å². The predicted octanol–water partition coefficient (Wildman–Crippen LogP) is 2.77. The van der Waals surface area contributed by atoms with Crippen LogP contribution in [0.2, 0.25) is 0 Å². The van der Waals surface area contributed by atoms with E-state index in [-0.39, 0.29) is 11.3 Å². The number of ketones is 2. The number of rotatable bonds is 11. The van der Waals surface area contributed by atoms with Crippen molar-refractivity contribution in [1.82, 2.24) is 9.97 Å². The van der Waals surface area contributed by atoms with Crippen molar-refractivity contribution in [2.75, 3.05) is 0 Å². The maximum absolute atomic E-state index is 13.0. The first-order valence-corrected chi connectivity index (χ1v) is 17.3. The highest BCUT2D eigenvalue weighted by Gasteiger charge is 2.41. The van der Waals surface area contributed by atoms with E-state index in [4.69, 9.17) is 29.3 Å². The van der Waals surface area contributed by atoms with Crippen molar-refractivity contribution < 1.29 is 44.3 Å². The van der Waals surface area contributed by atoms with Crippen molar-refractivity contribution in [3.63, 3.8) is 0 Å². The van der Waals surface area contributed by atoms with Crippen LogP contribution in [0.15, 0.2) is 121 Å². The van der Waals surface area contributed by atoms with Gasteiger partial charge in [-0.2, -0.15) is 16.8 Å². The number of carbonyl (C=O) groups is 2. The van der Waals surface area contributed by atoms with Crippen molar-refractivity contribution in [2.24, 2.45) is 11.5 Å². The summed E-state index contributed by atoms with van der Waals surface area (Å²) in [4.78, 5) is 34.3. The Balaban J connectivity index is 1.11. The number of hydrogen-bond acceptors (Lipinski definition) is 14.